The van der Waals surface area contributed by atoms with E-state index >= 15 is 0 Å². The molecule has 0 aliphatic carbocycles. The zero-order valence-corrected chi connectivity index (χ0v) is 23.3. The molecule has 160 valence electrons. The van der Waals surface area contributed by atoms with Gasteiger partial charge >= 0.3 is 6.16 Å². The largest absolute Gasteiger partial charge is 0.508 e. The van der Waals surface area contributed by atoms with Crippen LogP contribution in [0.5, 0.6) is 0 Å². The Kier molecular flexibility index (Phi) is 10.7. The first-order chi connectivity index (χ1) is 14.8. The average molecular weight is 587 g/mol. The highest BCUT2D eigenvalue weighted by molar-refractivity contribution is 8.38. The van der Waals surface area contributed by atoms with Gasteiger partial charge in [-0.05, 0) is 32.4 Å². The van der Waals surface area contributed by atoms with Crippen LogP contribution in [-0.4, -0.2) is 30.9 Å². The fraction of sp³-hybridized carbons (Fsp3) is 0.235. The molecule has 3 nitrogen and oxygen atoms in total. The van der Waals surface area contributed by atoms with Gasteiger partial charge in [-0.2, -0.15) is 0 Å². The molecule has 30 heavy (non-hydrogen) atoms. The number of hydrogen-bond donors (Lipinski definition) is 0. The van der Waals surface area contributed by atoms with Crippen LogP contribution in [0.1, 0.15) is 0 Å². The first-order valence-corrected chi connectivity index (χ1v) is 17.3. The summed E-state index contributed by atoms with van der Waals surface area (Å²) < 4.78 is 18.2. The highest BCUT2D eigenvalue weighted by Crippen LogP contribution is 2.56. The molecule has 0 fully saturated rings. The van der Waals surface area contributed by atoms with Gasteiger partial charge in [-0.15, -0.1) is 23.5 Å². The van der Waals surface area contributed by atoms with Crippen molar-refractivity contribution in [3.8, 4) is 0 Å². The number of ether oxygens (including phenoxy) is 2. The van der Waals surface area contributed by atoms with Gasteiger partial charge in [0, 0.05) is 11.5 Å². The molecule has 0 amide bonds. The summed E-state index contributed by atoms with van der Waals surface area (Å²) in [4.78, 5) is 11.7. The standard InChI is InChI=1S/C17H14O3S10/c18-17(19-1-3-21-11-9-27-15(29-11)13-23-5-6-24-13)20-2-4-22-12-10-28-16(30-12)14-25-7-8-26-14/h5-10H,1-4H2. The molecule has 0 aromatic carbocycles. The summed E-state index contributed by atoms with van der Waals surface area (Å²) in [5, 5.41) is 12.8. The monoisotopic (exact) mass is 586 g/mol. The van der Waals surface area contributed by atoms with E-state index < -0.39 is 6.16 Å². The molecule has 0 aromatic heterocycles. The molecule has 4 aliphatic rings. The van der Waals surface area contributed by atoms with Gasteiger partial charge in [0.25, 0.3) is 0 Å². The van der Waals surface area contributed by atoms with Crippen LogP contribution in [0.15, 0.2) is 57.9 Å². The minimum Gasteiger partial charge on any atom is -0.433 e. The van der Waals surface area contributed by atoms with Crippen molar-refractivity contribution < 1.29 is 14.3 Å². The molecular formula is C17H14O3S10. The predicted molar refractivity (Wildman–Crippen MR) is 151 cm³/mol. The minimum absolute atomic E-state index is 0.355. The fourth-order valence-electron chi connectivity index (χ4n) is 1.97. The van der Waals surface area contributed by atoms with E-state index in [1.165, 1.54) is 25.4 Å². The third-order valence-corrected chi connectivity index (χ3v) is 15.8. The van der Waals surface area contributed by atoms with Crippen LogP contribution in [0.25, 0.3) is 0 Å². The van der Waals surface area contributed by atoms with E-state index in [1.54, 1.807) is 118 Å². The highest BCUT2D eigenvalue weighted by Gasteiger charge is 2.20. The molecule has 0 spiro atoms. The Morgan fingerprint density at radius 2 is 1.10 bits per heavy atom. The van der Waals surface area contributed by atoms with Crippen LogP contribution in [0, 0.1) is 0 Å². The van der Waals surface area contributed by atoms with Gasteiger partial charge in [0.05, 0.1) is 25.4 Å². The summed E-state index contributed by atoms with van der Waals surface area (Å²) in [5.41, 5.74) is 0. The molecule has 0 radical (unpaired) electrons. The molecule has 0 atom stereocenters. The first kappa shape index (κ1) is 24.3. The van der Waals surface area contributed by atoms with Crippen LogP contribution < -0.4 is 0 Å². The van der Waals surface area contributed by atoms with Gasteiger partial charge in [0.15, 0.2) is 0 Å². The lowest BCUT2D eigenvalue weighted by atomic mass is 10.8. The summed E-state index contributed by atoms with van der Waals surface area (Å²) in [6.45, 7) is 0.711. The van der Waals surface area contributed by atoms with E-state index in [0.29, 0.717) is 13.2 Å². The van der Waals surface area contributed by atoms with Crippen molar-refractivity contribution in [2.75, 3.05) is 24.7 Å². The number of rotatable bonds is 8. The van der Waals surface area contributed by atoms with Crippen LogP contribution in [-0.2, 0) is 9.47 Å². The quantitative estimate of drug-likeness (QED) is 0.200. The summed E-state index contributed by atoms with van der Waals surface area (Å²) in [6.07, 6.45) is -0.582. The van der Waals surface area contributed by atoms with E-state index in [1.807, 2.05) is 0 Å². The number of carbonyl (C=O) groups is 1. The van der Waals surface area contributed by atoms with Gasteiger partial charge < -0.3 is 9.47 Å². The first-order valence-electron chi connectivity index (χ1n) is 8.37. The van der Waals surface area contributed by atoms with E-state index in [2.05, 4.69) is 32.4 Å². The average Bonchev–Trinajstić information content (AvgIpc) is 3.56. The van der Waals surface area contributed by atoms with Crippen molar-refractivity contribution in [1.82, 2.24) is 0 Å². The van der Waals surface area contributed by atoms with Crippen molar-refractivity contribution >= 4 is 124 Å². The molecule has 0 aromatic rings. The molecule has 0 bridgehead atoms. The molecule has 13 heteroatoms. The Balaban J connectivity index is 1.02. The predicted octanol–water partition coefficient (Wildman–Crippen LogP) is 9.32. The Labute approximate surface area is 218 Å². The van der Waals surface area contributed by atoms with E-state index in [9.17, 15) is 4.79 Å². The summed E-state index contributed by atoms with van der Waals surface area (Å²) in [6, 6.07) is 0. The molecule has 0 N–H and O–H groups in total. The van der Waals surface area contributed by atoms with Crippen LogP contribution >= 0.6 is 118 Å². The zero-order chi connectivity index (χ0) is 20.6. The fourth-order valence-corrected chi connectivity index (χ4v) is 13.5. The van der Waals surface area contributed by atoms with E-state index in [-0.39, 0.29) is 0 Å². The molecule has 0 unspecified atom stereocenters. The number of carbonyl (C=O) groups excluding carboxylic acids is 1. The lowest BCUT2D eigenvalue weighted by molar-refractivity contribution is 0.0645. The Morgan fingerprint density at radius 1 is 0.667 bits per heavy atom. The topological polar surface area (TPSA) is 35.5 Å². The third kappa shape index (κ3) is 7.63. The maximum absolute atomic E-state index is 11.7. The van der Waals surface area contributed by atoms with Crippen LogP contribution in [0.2, 0.25) is 0 Å². The van der Waals surface area contributed by atoms with Crippen molar-refractivity contribution in [1.29, 1.82) is 0 Å². The summed E-state index contributed by atoms with van der Waals surface area (Å²) >= 11 is 17.7. The van der Waals surface area contributed by atoms with Crippen LogP contribution in [0.4, 0.5) is 4.79 Å². The summed E-state index contributed by atoms with van der Waals surface area (Å²) in [5.74, 6) is 1.46. The van der Waals surface area contributed by atoms with E-state index in [0.717, 1.165) is 11.5 Å². The van der Waals surface area contributed by atoms with Gasteiger partial charge in [-0.1, -0.05) is 94.1 Å². The molecular weight excluding hydrogens is 573 g/mol. The minimum atomic E-state index is -0.582. The zero-order valence-electron chi connectivity index (χ0n) is 15.1. The SMILES string of the molecule is O=C(OCCSC1=CSC(=C2SC=CS2)S1)OCCSC1=CSC(=C2SC=CS2)S1. The molecule has 0 saturated carbocycles. The number of hydrogen-bond acceptors (Lipinski definition) is 13. The number of thioether (sulfide) groups is 10. The summed E-state index contributed by atoms with van der Waals surface area (Å²) in [7, 11) is 0. The second-order valence-electron chi connectivity index (χ2n) is 5.12. The van der Waals surface area contributed by atoms with Crippen molar-refractivity contribution in [3.63, 3.8) is 0 Å². The Bertz CT molecular complexity index is 770. The van der Waals surface area contributed by atoms with Crippen molar-refractivity contribution in [2.24, 2.45) is 0 Å². The molecule has 4 aliphatic heterocycles. The van der Waals surface area contributed by atoms with Gasteiger partial charge in [0.1, 0.15) is 13.2 Å². The maximum Gasteiger partial charge on any atom is 0.508 e. The Morgan fingerprint density at radius 3 is 1.53 bits per heavy atom. The second-order valence-corrected chi connectivity index (χ2v) is 16.5. The van der Waals surface area contributed by atoms with Crippen molar-refractivity contribution in [3.05, 3.63) is 57.9 Å². The normalized spacial score (nSPS) is 20.4. The molecule has 4 rings (SSSR count). The Hall–Kier alpha value is 1.21. The molecule has 4 heterocycles. The highest BCUT2D eigenvalue weighted by atomic mass is 32.2. The third-order valence-electron chi connectivity index (χ3n) is 3.15. The van der Waals surface area contributed by atoms with Gasteiger partial charge in [0.2, 0.25) is 0 Å². The van der Waals surface area contributed by atoms with Crippen LogP contribution in [0.3, 0.4) is 0 Å². The van der Waals surface area contributed by atoms with Gasteiger partial charge in [-0.3, -0.25) is 0 Å². The van der Waals surface area contributed by atoms with Crippen molar-refractivity contribution in [2.45, 2.75) is 0 Å². The maximum atomic E-state index is 11.7. The lowest BCUT2D eigenvalue weighted by Crippen LogP contribution is -2.11. The van der Waals surface area contributed by atoms with E-state index in [4.69, 9.17) is 9.47 Å². The molecule has 0 saturated heterocycles. The van der Waals surface area contributed by atoms with Gasteiger partial charge in [-0.25, -0.2) is 4.79 Å². The smallest absolute Gasteiger partial charge is 0.433 e. The second kappa shape index (κ2) is 13.2. The lowest BCUT2D eigenvalue weighted by Gasteiger charge is -2.07.